The van der Waals surface area contributed by atoms with Crippen LogP contribution in [0.5, 0.6) is 0 Å². The third-order valence-corrected chi connectivity index (χ3v) is 9.15. The first-order valence-electron chi connectivity index (χ1n) is 12.3. The van der Waals surface area contributed by atoms with Gasteiger partial charge >= 0.3 is 6.03 Å². The van der Waals surface area contributed by atoms with E-state index < -0.39 is 0 Å². The molecule has 0 spiro atoms. The molecule has 0 N–H and O–H groups in total. The molecular formula is C27H39N3O. The van der Waals surface area contributed by atoms with E-state index in [1.54, 1.807) is 0 Å². The van der Waals surface area contributed by atoms with Crippen LogP contribution >= 0.6 is 0 Å². The third-order valence-electron chi connectivity index (χ3n) is 9.15. The highest BCUT2D eigenvalue weighted by Crippen LogP contribution is 2.57. The first kappa shape index (κ1) is 21.0. The third kappa shape index (κ3) is 3.08. The van der Waals surface area contributed by atoms with Crippen LogP contribution in [-0.4, -0.2) is 47.2 Å². The molecular weight excluding hydrogens is 382 g/mol. The zero-order valence-electron chi connectivity index (χ0n) is 20.3. The van der Waals surface area contributed by atoms with Gasteiger partial charge in [0.25, 0.3) is 0 Å². The largest absolute Gasteiger partial charge is 0.325 e. The quantitative estimate of drug-likeness (QED) is 0.515. The van der Waals surface area contributed by atoms with Gasteiger partial charge in [-0.1, -0.05) is 47.6 Å². The van der Waals surface area contributed by atoms with E-state index in [4.69, 9.17) is 4.99 Å². The minimum absolute atomic E-state index is 0.0348. The van der Waals surface area contributed by atoms with E-state index in [1.165, 1.54) is 34.5 Å². The van der Waals surface area contributed by atoms with Gasteiger partial charge < -0.3 is 9.80 Å². The van der Waals surface area contributed by atoms with Crippen molar-refractivity contribution in [3.05, 3.63) is 28.8 Å². The molecule has 0 unspecified atom stereocenters. The van der Waals surface area contributed by atoms with Gasteiger partial charge in [0.05, 0.1) is 5.69 Å². The fourth-order valence-electron chi connectivity index (χ4n) is 6.54. The molecule has 3 aliphatic heterocycles. The molecule has 4 nitrogen and oxygen atoms in total. The number of amides is 2. The molecule has 2 amide bonds. The van der Waals surface area contributed by atoms with Crippen molar-refractivity contribution in [3.8, 4) is 0 Å². The van der Waals surface area contributed by atoms with Crippen molar-refractivity contribution in [2.45, 2.75) is 91.5 Å². The molecule has 2 bridgehead atoms. The zero-order chi connectivity index (χ0) is 22.2. The molecule has 1 aromatic rings. The molecule has 4 heteroatoms. The second-order valence-corrected chi connectivity index (χ2v) is 12.2. The Balaban J connectivity index is 1.52. The van der Waals surface area contributed by atoms with Crippen LogP contribution in [0, 0.1) is 10.8 Å². The maximum Gasteiger partial charge on any atom is 0.320 e. The summed E-state index contributed by atoms with van der Waals surface area (Å²) in [6.07, 6.45) is 6.52. The molecule has 0 aromatic heterocycles. The number of likely N-dealkylation sites (tertiary alicyclic amines) is 2. The van der Waals surface area contributed by atoms with E-state index in [0.717, 1.165) is 51.7 Å². The highest BCUT2D eigenvalue weighted by Gasteiger charge is 2.57. The van der Waals surface area contributed by atoms with Crippen molar-refractivity contribution in [2.24, 2.45) is 15.8 Å². The van der Waals surface area contributed by atoms with Gasteiger partial charge in [0.2, 0.25) is 0 Å². The Morgan fingerprint density at radius 3 is 2.42 bits per heavy atom. The number of carbonyl (C=O) groups is 1. The smallest absolute Gasteiger partial charge is 0.320 e. The van der Waals surface area contributed by atoms with Gasteiger partial charge in [0, 0.05) is 48.6 Å². The monoisotopic (exact) mass is 421 g/mol. The Kier molecular flexibility index (Phi) is 4.63. The second-order valence-electron chi connectivity index (χ2n) is 12.2. The average molecular weight is 422 g/mol. The second kappa shape index (κ2) is 6.83. The number of fused-ring (bicyclic) bond motifs is 5. The van der Waals surface area contributed by atoms with Crippen LogP contribution in [0.15, 0.2) is 17.1 Å². The molecule has 5 rings (SSSR count). The van der Waals surface area contributed by atoms with Crippen molar-refractivity contribution >= 4 is 17.4 Å². The first-order chi connectivity index (χ1) is 14.5. The summed E-state index contributed by atoms with van der Waals surface area (Å²) in [7, 11) is 0. The topological polar surface area (TPSA) is 35.9 Å². The standard InChI is InChI=1S/C27H39N3O/c1-25(2,3)22-15-19-14-18-16-23-26(4,5)27(6,20(18)17-21(19)28-22)10-13-30(23)24(31)29-11-8-7-9-12-29/h14,17,23H,7-13,15-16H2,1-6H3/t23-,27+/m1/s1. The van der Waals surface area contributed by atoms with Gasteiger partial charge in [0.1, 0.15) is 0 Å². The van der Waals surface area contributed by atoms with Gasteiger partial charge in [-0.05, 0) is 60.3 Å². The highest BCUT2D eigenvalue weighted by atomic mass is 16.2. The van der Waals surface area contributed by atoms with Crippen LogP contribution in [0.1, 0.15) is 83.9 Å². The van der Waals surface area contributed by atoms with Crippen LogP contribution in [0.25, 0.3) is 0 Å². The van der Waals surface area contributed by atoms with Crippen molar-refractivity contribution < 1.29 is 4.79 Å². The van der Waals surface area contributed by atoms with Crippen molar-refractivity contribution in [3.63, 3.8) is 0 Å². The highest BCUT2D eigenvalue weighted by molar-refractivity contribution is 5.97. The number of piperidine rings is 2. The first-order valence-corrected chi connectivity index (χ1v) is 12.3. The lowest BCUT2D eigenvalue weighted by molar-refractivity contribution is -0.0242. The molecule has 168 valence electrons. The number of hydrogen-bond donors (Lipinski definition) is 0. The summed E-state index contributed by atoms with van der Waals surface area (Å²) in [4.78, 5) is 22.9. The van der Waals surface area contributed by atoms with Gasteiger partial charge in [0.15, 0.2) is 0 Å². The Hall–Kier alpha value is -1.84. The normalized spacial score (nSPS) is 29.4. The van der Waals surface area contributed by atoms with Gasteiger partial charge in [-0.25, -0.2) is 4.79 Å². The predicted octanol–water partition coefficient (Wildman–Crippen LogP) is 5.88. The summed E-state index contributed by atoms with van der Waals surface area (Å²) < 4.78 is 0. The van der Waals surface area contributed by atoms with E-state index in [1.807, 2.05) is 0 Å². The minimum Gasteiger partial charge on any atom is -0.325 e. The molecule has 4 aliphatic rings. The maximum atomic E-state index is 13.5. The molecule has 0 saturated carbocycles. The number of rotatable bonds is 0. The molecule has 3 heterocycles. The Labute approximate surface area is 188 Å². The molecule has 31 heavy (non-hydrogen) atoms. The summed E-state index contributed by atoms with van der Waals surface area (Å²) >= 11 is 0. The number of hydrogen-bond acceptors (Lipinski definition) is 2. The van der Waals surface area contributed by atoms with Crippen LogP contribution in [-0.2, 0) is 18.3 Å². The van der Waals surface area contributed by atoms with Gasteiger partial charge in [-0.2, -0.15) is 0 Å². The van der Waals surface area contributed by atoms with Crippen molar-refractivity contribution in [2.75, 3.05) is 19.6 Å². The zero-order valence-corrected chi connectivity index (χ0v) is 20.3. The number of benzene rings is 1. The predicted molar refractivity (Wildman–Crippen MR) is 127 cm³/mol. The molecule has 2 saturated heterocycles. The summed E-state index contributed by atoms with van der Waals surface area (Å²) in [5, 5.41) is 0. The van der Waals surface area contributed by atoms with E-state index in [2.05, 4.69) is 63.5 Å². The number of urea groups is 1. The minimum atomic E-state index is 0.0348. The lowest BCUT2D eigenvalue weighted by atomic mass is 9.51. The van der Waals surface area contributed by atoms with Crippen LogP contribution < -0.4 is 0 Å². The lowest BCUT2D eigenvalue weighted by Gasteiger charge is -2.61. The maximum absolute atomic E-state index is 13.5. The van der Waals surface area contributed by atoms with E-state index in [0.29, 0.717) is 0 Å². The van der Waals surface area contributed by atoms with E-state index in [9.17, 15) is 4.79 Å². The summed E-state index contributed by atoms with van der Waals surface area (Å²) in [6.45, 7) is 16.7. The molecule has 2 fully saturated rings. The van der Waals surface area contributed by atoms with E-state index in [-0.39, 0.29) is 28.3 Å². The summed E-state index contributed by atoms with van der Waals surface area (Å²) in [6, 6.07) is 5.38. The fourth-order valence-corrected chi connectivity index (χ4v) is 6.54. The average Bonchev–Trinajstić information content (AvgIpc) is 3.14. The molecule has 1 aromatic carbocycles. The van der Waals surface area contributed by atoms with Gasteiger partial charge in [-0.3, -0.25) is 4.99 Å². The van der Waals surface area contributed by atoms with Crippen molar-refractivity contribution in [1.29, 1.82) is 0 Å². The Morgan fingerprint density at radius 1 is 1.03 bits per heavy atom. The SMILES string of the molecule is CC(C)(C)C1=Nc2cc3c(cc2C1)C[C@H]1N(C(=O)N2CCCCC2)CC[C@]3(C)C1(C)C. The van der Waals surface area contributed by atoms with E-state index >= 15 is 0 Å². The molecule has 0 radical (unpaired) electrons. The summed E-state index contributed by atoms with van der Waals surface area (Å²) in [5.41, 5.74) is 7.00. The van der Waals surface area contributed by atoms with Crippen LogP contribution in [0.2, 0.25) is 0 Å². The molecule has 1 aliphatic carbocycles. The van der Waals surface area contributed by atoms with Gasteiger partial charge in [-0.15, -0.1) is 0 Å². The molecule has 2 atom stereocenters. The van der Waals surface area contributed by atoms with Crippen molar-refractivity contribution in [1.82, 2.24) is 9.80 Å². The Bertz CT molecular complexity index is 948. The number of aliphatic imine (C=N–C) groups is 1. The van der Waals surface area contributed by atoms with Crippen LogP contribution in [0.4, 0.5) is 10.5 Å². The number of nitrogens with zero attached hydrogens (tertiary/aromatic N) is 3. The lowest BCUT2D eigenvalue weighted by Crippen LogP contribution is -2.66. The Morgan fingerprint density at radius 2 is 1.74 bits per heavy atom. The number of carbonyl (C=O) groups excluding carboxylic acids is 1. The van der Waals surface area contributed by atoms with Crippen LogP contribution in [0.3, 0.4) is 0 Å². The summed E-state index contributed by atoms with van der Waals surface area (Å²) in [5.74, 6) is 0. The fraction of sp³-hybridized carbons (Fsp3) is 0.704.